The second-order valence-electron chi connectivity index (χ2n) is 3.85. The standard InChI is InChI=1S/C6H13BN3O4P/c7-4-1-5(9-10-8)6(2-4)14-3-15(11,12)13/h4-6H,1-3,7H2,(H2,11,12,13). The number of hydrogen-bond donors (Lipinski definition) is 2. The number of nitrogens with zero attached hydrogens (tertiary/aromatic N) is 3. The van der Waals surface area contributed by atoms with Crippen molar-refractivity contribution in [1.29, 1.82) is 0 Å². The Hall–Kier alpha value is -0.515. The summed E-state index contributed by atoms with van der Waals surface area (Å²) in [5.74, 6) is 0.349. The van der Waals surface area contributed by atoms with Gasteiger partial charge < -0.3 is 14.5 Å². The van der Waals surface area contributed by atoms with Gasteiger partial charge in [-0.3, -0.25) is 4.57 Å². The summed E-state index contributed by atoms with van der Waals surface area (Å²) in [7, 11) is -2.15. The third-order valence-electron chi connectivity index (χ3n) is 2.36. The molecule has 0 amide bonds. The van der Waals surface area contributed by atoms with Crippen LogP contribution >= 0.6 is 7.60 Å². The lowest BCUT2D eigenvalue weighted by Gasteiger charge is -2.16. The second kappa shape index (κ2) is 5.01. The topological polar surface area (TPSA) is 116 Å². The third kappa shape index (κ3) is 4.24. The van der Waals surface area contributed by atoms with E-state index < -0.39 is 13.9 Å². The van der Waals surface area contributed by atoms with Crippen molar-refractivity contribution in [1.82, 2.24) is 0 Å². The number of azide groups is 1. The van der Waals surface area contributed by atoms with E-state index in [2.05, 4.69) is 10.0 Å². The predicted molar refractivity (Wildman–Crippen MR) is 56.2 cm³/mol. The second-order valence-corrected chi connectivity index (χ2v) is 5.44. The predicted octanol–water partition coefficient (Wildman–Crippen LogP) is 0.401. The quantitative estimate of drug-likeness (QED) is 0.240. The maximum Gasteiger partial charge on any atom is 0.350 e. The summed E-state index contributed by atoms with van der Waals surface area (Å²) in [5.41, 5.74) is 8.31. The highest BCUT2D eigenvalue weighted by Crippen LogP contribution is 2.38. The normalized spacial score (nSPS) is 31.2. The number of hydrogen-bond acceptors (Lipinski definition) is 3. The zero-order valence-electron chi connectivity index (χ0n) is 8.35. The van der Waals surface area contributed by atoms with Crippen LogP contribution in [0.3, 0.4) is 0 Å². The summed E-state index contributed by atoms with van der Waals surface area (Å²) >= 11 is 0. The van der Waals surface area contributed by atoms with Gasteiger partial charge in [-0.2, -0.15) is 0 Å². The lowest BCUT2D eigenvalue weighted by molar-refractivity contribution is 0.0695. The first-order chi connectivity index (χ1) is 6.92. The summed E-state index contributed by atoms with van der Waals surface area (Å²) in [4.78, 5) is 20.0. The van der Waals surface area contributed by atoms with Gasteiger partial charge in [0, 0.05) is 4.91 Å². The fraction of sp³-hybridized carbons (Fsp3) is 1.00. The molecule has 0 aromatic rings. The lowest BCUT2D eigenvalue weighted by atomic mass is 9.86. The van der Waals surface area contributed by atoms with E-state index >= 15 is 0 Å². The minimum Gasteiger partial charge on any atom is -0.365 e. The fourth-order valence-electron chi connectivity index (χ4n) is 1.77. The lowest BCUT2D eigenvalue weighted by Crippen LogP contribution is -2.21. The van der Waals surface area contributed by atoms with Gasteiger partial charge in [0.2, 0.25) is 0 Å². The summed E-state index contributed by atoms with van der Waals surface area (Å²) in [6.45, 7) is 0. The molecule has 0 spiro atoms. The first-order valence-electron chi connectivity index (χ1n) is 4.63. The molecule has 2 N–H and O–H groups in total. The van der Waals surface area contributed by atoms with Crippen LogP contribution in [0.4, 0.5) is 0 Å². The van der Waals surface area contributed by atoms with E-state index in [4.69, 9.17) is 20.1 Å². The molecule has 0 bridgehead atoms. The van der Waals surface area contributed by atoms with Crippen molar-refractivity contribution in [2.24, 2.45) is 5.11 Å². The van der Waals surface area contributed by atoms with Gasteiger partial charge >= 0.3 is 7.60 Å². The summed E-state index contributed by atoms with van der Waals surface area (Å²) in [6, 6.07) is -0.309. The minimum atomic E-state index is -4.14. The molecule has 0 aromatic carbocycles. The summed E-state index contributed by atoms with van der Waals surface area (Å²) in [6.07, 6.45) is 0.394. The SMILES string of the molecule is BC1CC(N=[N+]=[N-])C(OCP(=O)(O)O)C1. The van der Waals surface area contributed by atoms with Crippen LogP contribution in [0.5, 0.6) is 0 Å². The van der Waals surface area contributed by atoms with E-state index in [1.807, 2.05) is 7.85 Å². The van der Waals surface area contributed by atoms with Crippen LogP contribution in [-0.2, 0) is 9.30 Å². The highest BCUT2D eigenvalue weighted by Gasteiger charge is 2.33. The molecule has 84 valence electrons. The fourth-order valence-corrected chi connectivity index (χ4v) is 2.16. The zero-order valence-corrected chi connectivity index (χ0v) is 9.25. The Morgan fingerprint density at radius 1 is 1.60 bits per heavy atom. The van der Waals surface area contributed by atoms with Crippen LogP contribution in [0, 0.1) is 0 Å². The molecular formula is C6H13BN3O4P. The molecule has 3 unspecified atom stereocenters. The Labute approximate surface area is 88.0 Å². The van der Waals surface area contributed by atoms with E-state index in [9.17, 15) is 4.57 Å². The maximum atomic E-state index is 10.6. The molecule has 1 saturated carbocycles. The Morgan fingerprint density at radius 2 is 2.27 bits per heavy atom. The molecule has 0 aromatic heterocycles. The van der Waals surface area contributed by atoms with Crippen LogP contribution in [0.1, 0.15) is 12.8 Å². The van der Waals surface area contributed by atoms with Crippen molar-refractivity contribution in [3.8, 4) is 0 Å². The van der Waals surface area contributed by atoms with Gasteiger partial charge in [0.25, 0.3) is 0 Å². The van der Waals surface area contributed by atoms with Gasteiger partial charge in [0.1, 0.15) is 14.2 Å². The van der Waals surface area contributed by atoms with Crippen molar-refractivity contribution in [2.45, 2.75) is 30.8 Å². The van der Waals surface area contributed by atoms with Crippen LogP contribution in [-0.4, -0.2) is 36.1 Å². The number of ether oxygens (including phenoxy) is 1. The van der Waals surface area contributed by atoms with E-state index in [0.29, 0.717) is 18.7 Å². The highest BCUT2D eigenvalue weighted by atomic mass is 31.2. The van der Waals surface area contributed by atoms with Gasteiger partial charge in [-0.15, -0.1) is 0 Å². The highest BCUT2D eigenvalue weighted by molar-refractivity contribution is 7.51. The molecule has 0 aliphatic heterocycles. The van der Waals surface area contributed by atoms with E-state index in [1.165, 1.54) is 0 Å². The monoisotopic (exact) mass is 233 g/mol. The van der Waals surface area contributed by atoms with Crippen LogP contribution in [0.2, 0.25) is 5.82 Å². The van der Waals surface area contributed by atoms with Crippen molar-refractivity contribution in [3.05, 3.63) is 10.4 Å². The average molecular weight is 233 g/mol. The number of rotatable bonds is 4. The van der Waals surface area contributed by atoms with Gasteiger partial charge in [0.15, 0.2) is 0 Å². The molecule has 3 atom stereocenters. The first-order valence-corrected chi connectivity index (χ1v) is 6.42. The van der Waals surface area contributed by atoms with Crippen molar-refractivity contribution < 1.29 is 19.1 Å². The summed E-state index contributed by atoms with van der Waals surface area (Å²) < 4.78 is 15.7. The largest absolute Gasteiger partial charge is 0.365 e. The Kier molecular flexibility index (Phi) is 4.19. The molecule has 7 nitrogen and oxygen atoms in total. The van der Waals surface area contributed by atoms with Crippen LogP contribution in [0.25, 0.3) is 10.4 Å². The van der Waals surface area contributed by atoms with Gasteiger partial charge in [-0.25, -0.2) is 0 Å². The van der Waals surface area contributed by atoms with Gasteiger partial charge in [0.05, 0.1) is 12.1 Å². The minimum absolute atomic E-state index is 0.309. The van der Waals surface area contributed by atoms with Crippen molar-refractivity contribution in [3.63, 3.8) is 0 Å². The smallest absolute Gasteiger partial charge is 0.350 e. The molecule has 1 aliphatic rings. The molecule has 1 rings (SSSR count). The Bertz CT molecular complexity index is 315. The molecule has 0 radical (unpaired) electrons. The third-order valence-corrected chi connectivity index (χ3v) is 2.85. The van der Waals surface area contributed by atoms with E-state index in [0.717, 1.165) is 0 Å². The molecular weight excluding hydrogens is 220 g/mol. The Balaban J connectivity index is 2.52. The molecule has 1 aliphatic carbocycles. The molecule has 9 heteroatoms. The van der Waals surface area contributed by atoms with E-state index in [1.54, 1.807) is 0 Å². The summed E-state index contributed by atoms with van der Waals surface area (Å²) in [5, 5.41) is 3.56. The van der Waals surface area contributed by atoms with Gasteiger partial charge in [-0.05, 0) is 18.4 Å². The molecule has 0 saturated heterocycles. The molecule has 15 heavy (non-hydrogen) atoms. The molecule has 1 fully saturated rings. The van der Waals surface area contributed by atoms with Crippen LogP contribution in [0.15, 0.2) is 5.11 Å². The van der Waals surface area contributed by atoms with Crippen molar-refractivity contribution in [2.75, 3.05) is 6.35 Å². The van der Waals surface area contributed by atoms with Crippen LogP contribution < -0.4 is 0 Å². The van der Waals surface area contributed by atoms with Crippen molar-refractivity contribution >= 4 is 15.4 Å². The molecule has 0 heterocycles. The Morgan fingerprint density at radius 3 is 2.80 bits per heavy atom. The average Bonchev–Trinajstić information content (AvgIpc) is 2.42. The van der Waals surface area contributed by atoms with Gasteiger partial charge in [-0.1, -0.05) is 10.9 Å². The first kappa shape index (κ1) is 12.6. The zero-order chi connectivity index (χ0) is 11.5. The maximum absolute atomic E-state index is 10.6. The van der Waals surface area contributed by atoms with E-state index in [-0.39, 0.29) is 12.1 Å².